The molecule has 0 aliphatic rings. The molecule has 4 rings (SSSR count). The zero-order valence-electron chi connectivity index (χ0n) is 21.1. The Morgan fingerprint density at radius 3 is 2.32 bits per heavy atom. The van der Waals surface area contributed by atoms with Crippen molar-refractivity contribution in [3.8, 4) is 5.69 Å². The monoisotopic (exact) mass is 544 g/mol. The molecule has 3 aromatic carbocycles. The number of nitrogens with zero attached hydrogens (tertiary/aromatic N) is 2. The Balaban J connectivity index is 1.44. The van der Waals surface area contributed by atoms with Gasteiger partial charge in [0.2, 0.25) is 0 Å². The Morgan fingerprint density at radius 1 is 0.974 bits per heavy atom. The van der Waals surface area contributed by atoms with E-state index in [2.05, 4.69) is 37.5 Å². The number of halogens is 4. The number of carbonyl (C=O) groups is 1. The SMILES string of the molecule is CC(C)(C)CCNc1ccc2c(ccn2-c2ccc(NC(=O)N(O)c3ccc(Cl)c(C(F)(F)F)c3)cc2)c1. The van der Waals surface area contributed by atoms with Gasteiger partial charge >= 0.3 is 12.2 Å². The zero-order valence-corrected chi connectivity index (χ0v) is 21.9. The molecular formula is C28H28ClF3N4O2. The van der Waals surface area contributed by atoms with E-state index >= 15 is 0 Å². The van der Waals surface area contributed by atoms with Crippen LogP contribution in [0.2, 0.25) is 5.02 Å². The van der Waals surface area contributed by atoms with E-state index in [1.807, 2.05) is 29.0 Å². The van der Waals surface area contributed by atoms with Crippen LogP contribution in [-0.2, 0) is 6.18 Å². The number of hydrogen-bond acceptors (Lipinski definition) is 3. The number of hydrogen-bond donors (Lipinski definition) is 3. The van der Waals surface area contributed by atoms with Crippen molar-refractivity contribution in [1.29, 1.82) is 0 Å². The van der Waals surface area contributed by atoms with Crippen LogP contribution in [0.1, 0.15) is 32.8 Å². The summed E-state index contributed by atoms with van der Waals surface area (Å²) in [6.45, 7) is 7.51. The van der Waals surface area contributed by atoms with Crippen molar-refractivity contribution >= 4 is 45.6 Å². The lowest BCUT2D eigenvalue weighted by atomic mass is 9.92. The van der Waals surface area contributed by atoms with Gasteiger partial charge in [0, 0.05) is 35.2 Å². The molecule has 0 aliphatic carbocycles. The molecule has 4 aromatic rings. The van der Waals surface area contributed by atoms with Gasteiger partial charge in [0.25, 0.3) is 0 Å². The van der Waals surface area contributed by atoms with Gasteiger partial charge < -0.3 is 15.2 Å². The maximum Gasteiger partial charge on any atom is 0.417 e. The van der Waals surface area contributed by atoms with E-state index in [-0.39, 0.29) is 16.2 Å². The second kappa shape index (κ2) is 10.6. The van der Waals surface area contributed by atoms with Crippen LogP contribution in [-0.4, -0.2) is 22.4 Å². The average Bonchev–Trinajstić information content (AvgIpc) is 3.26. The van der Waals surface area contributed by atoms with Gasteiger partial charge in [0.15, 0.2) is 0 Å². The van der Waals surface area contributed by atoms with E-state index in [0.717, 1.165) is 47.4 Å². The molecule has 1 heterocycles. The van der Waals surface area contributed by atoms with Gasteiger partial charge in [-0.15, -0.1) is 0 Å². The first kappa shape index (κ1) is 27.3. The number of hydroxylamine groups is 1. The Labute approximate surface area is 223 Å². The Kier molecular flexibility index (Phi) is 7.62. The third kappa shape index (κ3) is 6.41. The number of carbonyl (C=O) groups excluding carboxylic acids is 1. The van der Waals surface area contributed by atoms with Gasteiger partial charge in [-0.2, -0.15) is 18.2 Å². The van der Waals surface area contributed by atoms with Crippen molar-refractivity contribution in [2.24, 2.45) is 5.41 Å². The van der Waals surface area contributed by atoms with E-state index < -0.39 is 22.8 Å². The number of aromatic nitrogens is 1. The van der Waals surface area contributed by atoms with E-state index in [4.69, 9.17) is 11.6 Å². The number of amides is 2. The predicted molar refractivity (Wildman–Crippen MR) is 146 cm³/mol. The highest BCUT2D eigenvalue weighted by Crippen LogP contribution is 2.37. The van der Waals surface area contributed by atoms with E-state index in [1.54, 1.807) is 24.3 Å². The van der Waals surface area contributed by atoms with Gasteiger partial charge in [-0.25, -0.2) is 4.79 Å². The van der Waals surface area contributed by atoms with Gasteiger partial charge in [0.05, 0.1) is 21.8 Å². The van der Waals surface area contributed by atoms with Gasteiger partial charge in [-0.1, -0.05) is 32.4 Å². The lowest BCUT2D eigenvalue weighted by molar-refractivity contribution is -0.137. The normalized spacial score (nSPS) is 12.0. The highest BCUT2D eigenvalue weighted by atomic mass is 35.5. The zero-order chi connectivity index (χ0) is 27.7. The maximum absolute atomic E-state index is 13.1. The second-order valence-electron chi connectivity index (χ2n) is 10.1. The summed E-state index contributed by atoms with van der Waals surface area (Å²) in [6, 6.07) is 16.7. The lowest BCUT2D eigenvalue weighted by Crippen LogP contribution is -2.32. The standard InChI is InChI=1S/C28H28ClF3N4O2/c1-27(2,3)13-14-33-20-6-11-25-18(16-20)12-15-35(25)21-7-4-19(5-8-21)34-26(37)36(38)22-9-10-24(29)23(17-22)28(30,31)32/h4-12,15-17,33,38H,13-14H2,1-3H3,(H,34,37). The van der Waals surface area contributed by atoms with Crippen LogP contribution in [0.3, 0.4) is 0 Å². The smallest absolute Gasteiger partial charge is 0.385 e. The van der Waals surface area contributed by atoms with Crippen LogP contribution < -0.4 is 15.7 Å². The molecule has 200 valence electrons. The summed E-state index contributed by atoms with van der Waals surface area (Å²) in [7, 11) is 0. The molecular weight excluding hydrogens is 517 g/mol. The number of nitrogens with one attached hydrogen (secondary N) is 2. The molecule has 0 saturated heterocycles. The van der Waals surface area contributed by atoms with Gasteiger partial charge in [0.1, 0.15) is 0 Å². The summed E-state index contributed by atoms with van der Waals surface area (Å²) in [5.74, 6) is 0. The molecule has 10 heteroatoms. The summed E-state index contributed by atoms with van der Waals surface area (Å²) >= 11 is 5.61. The van der Waals surface area contributed by atoms with Gasteiger partial charge in [-0.3, -0.25) is 5.21 Å². The molecule has 0 saturated carbocycles. The molecule has 0 fully saturated rings. The molecule has 6 nitrogen and oxygen atoms in total. The fourth-order valence-electron chi connectivity index (χ4n) is 3.92. The fraction of sp³-hybridized carbons (Fsp3) is 0.250. The van der Waals surface area contributed by atoms with Crippen molar-refractivity contribution in [2.75, 3.05) is 22.2 Å². The van der Waals surface area contributed by atoms with Crippen molar-refractivity contribution in [2.45, 2.75) is 33.4 Å². The van der Waals surface area contributed by atoms with Crippen LogP contribution >= 0.6 is 11.6 Å². The Hall–Kier alpha value is -3.69. The van der Waals surface area contributed by atoms with Crippen molar-refractivity contribution in [3.63, 3.8) is 0 Å². The first-order valence-corrected chi connectivity index (χ1v) is 12.3. The summed E-state index contributed by atoms with van der Waals surface area (Å²) in [5, 5.41) is 16.7. The minimum Gasteiger partial charge on any atom is -0.385 e. The predicted octanol–water partition coefficient (Wildman–Crippen LogP) is 8.58. The largest absolute Gasteiger partial charge is 0.417 e. The summed E-state index contributed by atoms with van der Waals surface area (Å²) < 4.78 is 41.3. The molecule has 3 N–H and O–H groups in total. The van der Waals surface area contributed by atoms with E-state index in [1.165, 1.54) is 0 Å². The number of benzene rings is 3. The summed E-state index contributed by atoms with van der Waals surface area (Å²) in [4.78, 5) is 12.4. The molecule has 0 radical (unpaired) electrons. The minimum absolute atomic E-state index is 0.103. The molecule has 0 spiro atoms. The minimum atomic E-state index is -4.73. The Morgan fingerprint density at radius 2 is 1.66 bits per heavy atom. The van der Waals surface area contributed by atoms with Crippen LogP contribution in [0, 0.1) is 5.41 Å². The number of anilines is 3. The third-order valence-corrected chi connectivity index (χ3v) is 6.31. The lowest BCUT2D eigenvalue weighted by Gasteiger charge is -2.18. The van der Waals surface area contributed by atoms with Crippen LogP contribution in [0.25, 0.3) is 16.6 Å². The van der Waals surface area contributed by atoms with Crippen molar-refractivity contribution < 1.29 is 23.2 Å². The average molecular weight is 545 g/mol. The molecule has 0 bridgehead atoms. The molecule has 0 aliphatic heterocycles. The quantitative estimate of drug-likeness (QED) is 0.168. The summed E-state index contributed by atoms with van der Waals surface area (Å²) in [5.41, 5.74) is 1.99. The van der Waals surface area contributed by atoms with Crippen LogP contribution in [0.5, 0.6) is 0 Å². The molecule has 0 unspecified atom stereocenters. The van der Waals surface area contributed by atoms with Gasteiger partial charge in [-0.05, 0) is 78.6 Å². The second-order valence-corrected chi connectivity index (χ2v) is 10.6. The number of fused-ring (bicyclic) bond motifs is 1. The molecule has 1 aromatic heterocycles. The fourth-order valence-corrected chi connectivity index (χ4v) is 4.15. The maximum atomic E-state index is 13.1. The molecule has 0 atom stereocenters. The first-order chi connectivity index (χ1) is 17.8. The highest BCUT2D eigenvalue weighted by molar-refractivity contribution is 6.31. The van der Waals surface area contributed by atoms with E-state index in [0.29, 0.717) is 11.8 Å². The first-order valence-electron chi connectivity index (χ1n) is 11.9. The number of alkyl halides is 3. The third-order valence-electron chi connectivity index (χ3n) is 5.98. The molecule has 38 heavy (non-hydrogen) atoms. The summed E-state index contributed by atoms with van der Waals surface area (Å²) in [6.07, 6.45) is -1.73. The highest BCUT2D eigenvalue weighted by Gasteiger charge is 2.34. The van der Waals surface area contributed by atoms with Crippen molar-refractivity contribution in [1.82, 2.24) is 4.57 Å². The Bertz CT molecular complexity index is 1440. The van der Waals surface area contributed by atoms with Crippen LogP contribution in [0.15, 0.2) is 72.9 Å². The number of rotatable bonds is 6. The number of urea groups is 1. The van der Waals surface area contributed by atoms with Crippen molar-refractivity contribution in [3.05, 3.63) is 83.5 Å². The van der Waals surface area contributed by atoms with Crippen LogP contribution in [0.4, 0.5) is 35.0 Å². The van der Waals surface area contributed by atoms with E-state index in [9.17, 15) is 23.2 Å². The molecule has 2 amide bonds. The topological polar surface area (TPSA) is 69.5 Å².